The number of nitriles is 1. The molecular weight excluding hydrogens is 254 g/mol. The van der Waals surface area contributed by atoms with E-state index in [2.05, 4.69) is 15.9 Å². The molecule has 0 spiro atoms. The molecule has 1 aromatic heterocycles. The Morgan fingerprint density at radius 1 is 1.62 bits per heavy atom. The van der Waals surface area contributed by atoms with Crippen molar-refractivity contribution in [2.24, 2.45) is 0 Å². The van der Waals surface area contributed by atoms with E-state index in [0.29, 0.717) is 15.8 Å². The van der Waals surface area contributed by atoms with E-state index in [-0.39, 0.29) is 0 Å². The molecule has 0 saturated heterocycles. The number of hydrogen-bond donors (Lipinski definition) is 2. The average Bonchev–Trinajstić information content (AvgIpc) is 2.63. The van der Waals surface area contributed by atoms with Gasteiger partial charge < -0.3 is 10.2 Å². The van der Waals surface area contributed by atoms with Crippen LogP contribution in [0.3, 0.4) is 0 Å². The van der Waals surface area contributed by atoms with Gasteiger partial charge in [-0.2, -0.15) is 5.26 Å². The van der Waals surface area contributed by atoms with Crippen molar-refractivity contribution in [3.63, 3.8) is 0 Å². The molecule has 0 aliphatic heterocycles. The van der Waals surface area contributed by atoms with Crippen LogP contribution < -0.4 is 0 Å². The maximum absolute atomic E-state index is 9.52. The van der Waals surface area contributed by atoms with Gasteiger partial charge in [-0.25, -0.2) is 0 Å². The Labute approximate surface area is 88.4 Å². The lowest BCUT2D eigenvalue weighted by molar-refractivity contribution is 0.0345. The SMILES string of the molecule is N#Cc1cc(C(O)C(O)CBr)cs1. The number of thiophene rings is 1. The van der Waals surface area contributed by atoms with Gasteiger partial charge in [-0.3, -0.25) is 0 Å². The first kappa shape index (κ1) is 10.7. The normalized spacial score (nSPS) is 14.9. The zero-order valence-electron chi connectivity index (χ0n) is 6.64. The summed E-state index contributed by atoms with van der Waals surface area (Å²) in [7, 11) is 0. The van der Waals surface area contributed by atoms with Gasteiger partial charge in [0.25, 0.3) is 0 Å². The summed E-state index contributed by atoms with van der Waals surface area (Å²) in [4.78, 5) is 0.538. The van der Waals surface area contributed by atoms with E-state index in [1.807, 2.05) is 6.07 Å². The number of rotatable bonds is 3. The third-order valence-electron chi connectivity index (χ3n) is 1.59. The molecule has 0 saturated carbocycles. The molecule has 1 rings (SSSR count). The van der Waals surface area contributed by atoms with Crippen molar-refractivity contribution >= 4 is 27.3 Å². The molecule has 0 fully saturated rings. The molecule has 0 radical (unpaired) electrons. The fourth-order valence-electron chi connectivity index (χ4n) is 0.871. The highest BCUT2D eigenvalue weighted by Gasteiger charge is 2.18. The zero-order valence-corrected chi connectivity index (χ0v) is 9.05. The molecule has 0 amide bonds. The standard InChI is InChI=1S/C8H8BrNO2S/c9-2-7(11)8(12)5-1-6(3-10)13-4-5/h1,4,7-8,11-12H,2H2. The summed E-state index contributed by atoms with van der Waals surface area (Å²) in [5.74, 6) is 0. The van der Waals surface area contributed by atoms with Crippen LogP contribution in [0.25, 0.3) is 0 Å². The maximum Gasteiger partial charge on any atom is 0.110 e. The van der Waals surface area contributed by atoms with E-state index in [9.17, 15) is 10.2 Å². The van der Waals surface area contributed by atoms with Crippen molar-refractivity contribution in [2.45, 2.75) is 12.2 Å². The zero-order chi connectivity index (χ0) is 9.84. The summed E-state index contributed by atoms with van der Waals surface area (Å²) in [6.07, 6.45) is -1.75. The maximum atomic E-state index is 9.52. The van der Waals surface area contributed by atoms with Gasteiger partial charge in [-0.1, -0.05) is 15.9 Å². The van der Waals surface area contributed by atoms with Gasteiger partial charge in [-0.05, 0) is 17.0 Å². The molecule has 2 N–H and O–H groups in total. The van der Waals surface area contributed by atoms with Gasteiger partial charge in [-0.15, -0.1) is 11.3 Å². The smallest absolute Gasteiger partial charge is 0.110 e. The molecule has 2 unspecified atom stereocenters. The second kappa shape index (κ2) is 4.72. The summed E-state index contributed by atoms with van der Waals surface area (Å²) in [6.45, 7) is 0. The molecule has 1 aromatic rings. The molecule has 1 heterocycles. The van der Waals surface area contributed by atoms with Crippen LogP contribution in [0.1, 0.15) is 16.5 Å². The van der Waals surface area contributed by atoms with Crippen molar-refractivity contribution in [3.05, 3.63) is 21.9 Å². The van der Waals surface area contributed by atoms with Crippen LogP contribution in [0.15, 0.2) is 11.4 Å². The van der Waals surface area contributed by atoms with E-state index >= 15 is 0 Å². The molecule has 5 heteroatoms. The number of nitrogens with zero attached hydrogens (tertiary/aromatic N) is 1. The fraction of sp³-hybridized carbons (Fsp3) is 0.375. The Kier molecular flexibility index (Phi) is 3.88. The first-order valence-corrected chi connectivity index (χ1v) is 5.59. The van der Waals surface area contributed by atoms with E-state index in [1.54, 1.807) is 11.4 Å². The van der Waals surface area contributed by atoms with Gasteiger partial charge in [0.05, 0.1) is 6.10 Å². The van der Waals surface area contributed by atoms with E-state index < -0.39 is 12.2 Å². The lowest BCUT2D eigenvalue weighted by Gasteiger charge is -2.13. The van der Waals surface area contributed by atoms with Crippen molar-refractivity contribution in [1.29, 1.82) is 5.26 Å². The summed E-state index contributed by atoms with van der Waals surface area (Å²) in [5, 5.41) is 29.3. The van der Waals surface area contributed by atoms with E-state index in [0.717, 1.165) is 0 Å². The monoisotopic (exact) mass is 261 g/mol. The van der Waals surface area contributed by atoms with Crippen molar-refractivity contribution < 1.29 is 10.2 Å². The van der Waals surface area contributed by atoms with Crippen LogP contribution in [0.2, 0.25) is 0 Å². The molecule has 3 nitrogen and oxygen atoms in total. The largest absolute Gasteiger partial charge is 0.389 e. The number of aliphatic hydroxyl groups excluding tert-OH is 2. The summed E-state index contributed by atoms with van der Waals surface area (Å²) >= 11 is 4.32. The van der Waals surface area contributed by atoms with Gasteiger partial charge in [0.1, 0.15) is 17.1 Å². The molecule has 0 bridgehead atoms. The lowest BCUT2D eigenvalue weighted by Crippen LogP contribution is -2.18. The summed E-state index contributed by atoms with van der Waals surface area (Å²) in [6, 6.07) is 3.56. The highest BCUT2D eigenvalue weighted by Crippen LogP contribution is 2.23. The van der Waals surface area contributed by atoms with Gasteiger partial charge in [0.2, 0.25) is 0 Å². The summed E-state index contributed by atoms with van der Waals surface area (Å²) in [5.41, 5.74) is 0.591. The first-order valence-electron chi connectivity index (χ1n) is 3.59. The highest BCUT2D eigenvalue weighted by molar-refractivity contribution is 9.09. The molecule has 13 heavy (non-hydrogen) atoms. The van der Waals surface area contributed by atoms with Gasteiger partial charge >= 0.3 is 0 Å². The summed E-state index contributed by atoms with van der Waals surface area (Å²) < 4.78 is 0. The molecule has 0 aliphatic carbocycles. The number of halogens is 1. The minimum atomic E-state index is -0.919. The third kappa shape index (κ3) is 2.51. The lowest BCUT2D eigenvalue weighted by atomic mass is 10.1. The molecule has 70 valence electrons. The predicted molar refractivity (Wildman–Crippen MR) is 53.8 cm³/mol. The minimum Gasteiger partial charge on any atom is -0.389 e. The third-order valence-corrected chi connectivity index (χ3v) is 3.11. The van der Waals surface area contributed by atoms with Gasteiger partial charge in [0.15, 0.2) is 0 Å². The van der Waals surface area contributed by atoms with E-state index in [4.69, 9.17) is 5.26 Å². The first-order chi connectivity index (χ1) is 6.19. The topological polar surface area (TPSA) is 64.2 Å². The molecular formula is C8H8BrNO2S. The average molecular weight is 262 g/mol. The minimum absolute atomic E-state index is 0.311. The van der Waals surface area contributed by atoms with Crippen molar-refractivity contribution in [1.82, 2.24) is 0 Å². The van der Waals surface area contributed by atoms with Crippen LogP contribution in [0, 0.1) is 11.3 Å². The quantitative estimate of drug-likeness (QED) is 0.809. The molecule has 0 aliphatic rings. The number of aliphatic hydroxyl groups is 2. The Balaban J connectivity index is 2.78. The highest BCUT2D eigenvalue weighted by atomic mass is 79.9. The second-order valence-electron chi connectivity index (χ2n) is 2.52. The fourth-order valence-corrected chi connectivity index (χ4v) is 1.95. The molecule has 0 aromatic carbocycles. The van der Waals surface area contributed by atoms with Crippen LogP contribution >= 0.6 is 27.3 Å². The van der Waals surface area contributed by atoms with Crippen molar-refractivity contribution in [3.8, 4) is 6.07 Å². The number of hydrogen-bond acceptors (Lipinski definition) is 4. The Morgan fingerprint density at radius 2 is 2.31 bits per heavy atom. The van der Waals surface area contributed by atoms with Crippen LogP contribution in [-0.2, 0) is 0 Å². The van der Waals surface area contributed by atoms with Gasteiger partial charge in [0, 0.05) is 5.33 Å². The van der Waals surface area contributed by atoms with Crippen LogP contribution in [-0.4, -0.2) is 21.6 Å². The Hall–Kier alpha value is -0.410. The predicted octanol–water partition coefficient (Wildman–Crippen LogP) is 1.41. The van der Waals surface area contributed by atoms with Crippen LogP contribution in [0.4, 0.5) is 0 Å². The van der Waals surface area contributed by atoms with Crippen LogP contribution in [0.5, 0.6) is 0 Å². The Bertz CT molecular complexity index is 320. The second-order valence-corrected chi connectivity index (χ2v) is 4.08. The number of alkyl halides is 1. The van der Waals surface area contributed by atoms with E-state index in [1.165, 1.54) is 11.3 Å². The Morgan fingerprint density at radius 3 is 2.77 bits per heavy atom. The molecule has 2 atom stereocenters. The van der Waals surface area contributed by atoms with Crippen molar-refractivity contribution in [2.75, 3.05) is 5.33 Å².